The van der Waals surface area contributed by atoms with Gasteiger partial charge in [0.1, 0.15) is 11.5 Å². The summed E-state index contributed by atoms with van der Waals surface area (Å²) in [5, 5.41) is 6.88. The van der Waals surface area contributed by atoms with Crippen LogP contribution in [0.4, 0.5) is 0 Å². The minimum Gasteiger partial charge on any atom is -0.497 e. The Morgan fingerprint density at radius 3 is 2.46 bits per heavy atom. The highest BCUT2D eigenvalue weighted by molar-refractivity contribution is 7.80. The molecule has 1 aromatic rings. The van der Waals surface area contributed by atoms with Crippen molar-refractivity contribution in [1.82, 2.24) is 15.5 Å². The number of ether oxygens (including phenoxy) is 2. The molecule has 0 radical (unpaired) electrons. The van der Waals surface area contributed by atoms with Crippen molar-refractivity contribution in [2.24, 2.45) is 0 Å². The summed E-state index contributed by atoms with van der Waals surface area (Å²) in [6, 6.07) is 5.59. The first-order valence-corrected chi connectivity index (χ1v) is 10.1. The Labute approximate surface area is 172 Å². The summed E-state index contributed by atoms with van der Waals surface area (Å²) in [5.74, 6) is 1.42. The van der Waals surface area contributed by atoms with E-state index in [0.717, 1.165) is 30.5 Å². The molecule has 0 saturated carbocycles. The SMILES string of the molecule is COc1ccc(OC)c(C2NC(=S)NC(C)=C2C(=O)N2C(C)CCCC2C)c1. The summed E-state index contributed by atoms with van der Waals surface area (Å²) in [7, 11) is 3.24. The summed E-state index contributed by atoms with van der Waals surface area (Å²) in [6.45, 7) is 6.15. The van der Waals surface area contributed by atoms with Gasteiger partial charge in [-0.15, -0.1) is 0 Å². The van der Waals surface area contributed by atoms with E-state index in [0.29, 0.717) is 22.2 Å². The first kappa shape index (κ1) is 20.5. The summed E-state index contributed by atoms with van der Waals surface area (Å²) < 4.78 is 11.0. The summed E-state index contributed by atoms with van der Waals surface area (Å²) in [6.07, 6.45) is 3.20. The van der Waals surface area contributed by atoms with Crippen LogP contribution in [0.2, 0.25) is 0 Å². The predicted molar refractivity (Wildman–Crippen MR) is 113 cm³/mol. The molecule has 2 heterocycles. The maximum atomic E-state index is 13.7. The lowest BCUT2D eigenvalue weighted by Gasteiger charge is -2.42. The van der Waals surface area contributed by atoms with Crippen LogP contribution in [0, 0.1) is 0 Å². The van der Waals surface area contributed by atoms with Gasteiger partial charge in [-0.3, -0.25) is 4.79 Å². The molecule has 2 N–H and O–H groups in total. The normalized spacial score (nSPS) is 25.1. The van der Waals surface area contributed by atoms with Gasteiger partial charge in [-0.25, -0.2) is 0 Å². The van der Waals surface area contributed by atoms with Crippen molar-refractivity contribution in [2.75, 3.05) is 14.2 Å². The van der Waals surface area contributed by atoms with Gasteiger partial charge in [-0.2, -0.15) is 0 Å². The Balaban J connectivity index is 2.08. The highest BCUT2D eigenvalue weighted by Gasteiger charge is 2.38. The second-order valence-electron chi connectivity index (χ2n) is 7.52. The number of hydrogen-bond acceptors (Lipinski definition) is 4. The zero-order valence-electron chi connectivity index (χ0n) is 17.2. The number of likely N-dealkylation sites (tertiary alicyclic amines) is 1. The summed E-state index contributed by atoms with van der Waals surface area (Å²) in [5.41, 5.74) is 2.26. The Hall–Kier alpha value is -2.28. The predicted octanol–water partition coefficient (Wildman–Crippen LogP) is 3.29. The van der Waals surface area contributed by atoms with E-state index in [1.807, 2.05) is 30.0 Å². The highest BCUT2D eigenvalue weighted by atomic mass is 32.1. The van der Waals surface area contributed by atoms with Gasteiger partial charge in [0.05, 0.1) is 25.8 Å². The first-order chi connectivity index (χ1) is 13.4. The van der Waals surface area contributed by atoms with Crippen LogP contribution in [0.25, 0.3) is 0 Å². The topological polar surface area (TPSA) is 62.8 Å². The Bertz CT molecular complexity index is 798. The largest absolute Gasteiger partial charge is 0.497 e. The number of carbonyl (C=O) groups is 1. The zero-order valence-corrected chi connectivity index (χ0v) is 18.0. The molecular weight excluding hydrogens is 374 g/mol. The van der Waals surface area contributed by atoms with E-state index in [1.54, 1.807) is 14.2 Å². The van der Waals surface area contributed by atoms with E-state index in [2.05, 4.69) is 24.5 Å². The molecule has 0 spiro atoms. The van der Waals surface area contributed by atoms with Gasteiger partial charge in [-0.1, -0.05) is 0 Å². The molecule has 3 atom stereocenters. The van der Waals surface area contributed by atoms with E-state index in [-0.39, 0.29) is 18.0 Å². The number of amides is 1. The van der Waals surface area contributed by atoms with Gasteiger partial charge >= 0.3 is 0 Å². The molecule has 0 bridgehead atoms. The van der Waals surface area contributed by atoms with Crippen LogP contribution in [-0.4, -0.2) is 42.2 Å². The standard InChI is InChI=1S/C21H29N3O3S/c1-12-7-6-8-13(2)24(12)20(25)18-14(3)22-21(28)23-19(18)16-11-15(26-4)9-10-17(16)27-5/h9-13,19H,6-8H2,1-5H3,(H2,22,23,28). The van der Waals surface area contributed by atoms with E-state index >= 15 is 0 Å². The first-order valence-electron chi connectivity index (χ1n) is 9.70. The number of methoxy groups -OCH3 is 2. The van der Waals surface area contributed by atoms with Gasteiger partial charge < -0.3 is 25.0 Å². The molecule has 1 saturated heterocycles. The fourth-order valence-corrected chi connectivity index (χ4v) is 4.51. The fraction of sp³-hybridized carbons (Fsp3) is 0.524. The average molecular weight is 404 g/mol. The van der Waals surface area contributed by atoms with Crippen molar-refractivity contribution < 1.29 is 14.3 Å². The van der Waals surface area contributed by atoms with Gasteiger partial charge in [-0.05, 0) is 70.5 Å². The van der Waals surface area contributed by atoms with E-state index in [1.165, 1.54) is 0 Å². The van der Waals surface area contributed by atoms with Gasteiger partial charge in [0, 0.05) is 23.3 Å². The minimum absolute atomic E-state index is 0.0366. The molecule has 1 amide bonds. The number of nitrogens with zero attached hydrogens (tertiary/aromatic N) is 1. The molecule has 3 unspecified atom stereocenters. The second kappa shape index (κ2) is 8.39. The summed E-state index contributed by atoms with van der Waals surface area (Å²) in [4.78, 5) is 15.7. The smallest absolute Gasteiger partial charge is 0.254 e. The maximum Gasteiger partial charge on any atom is 0.254 e. The third-order valence-electron chi connectivity index (χ3n) is 5.68. The third kappa shape index (κ3) is 3.81. The molecule has 2 aliphatic rings. The third-order valence-corrected chi connectivity index (χ3v) is 5.90. The quantitative estimate of drug-likeness (QED) is 0.753. The van der Waals surface area contributed by atoms with Crippen LogP contribution in [0.3, 0.4) is 0 Å². The minimum atomic E-state index is -0.410. The highest BCUT2D eigenvalue weighted by Crippen LogP contribution is 2.37. The Kier molecular flexibility index (Phi) is 6.13. The zero-order chi connectivity index (χ0) is 20.4. The Morgan fingerprint density at radius 2 is 1.86 bits per heavy atom. The average Bonchev–Trinajstić information content (AvgIpc) is 2.66. The number of rotatable bonds is 4. The van der Waals surface area contributed by atoms with Crippen LogP contribution in [0.5, 0.6) is 11.5 Å². The van der Waals surface area contributed by atoms with Gasteiger partial charge in [0.15, 0.2) is 5.11 Å². The molecule has 0 aromatic heterocycles. The van der Waals surface area contributed by atoms with Crippen molar-refractivity contribution in [3.63, 3.8) is 0 Å². The molecule has 28 heavy (non-hydrogen) atoms. The fourth-order valence-electron chi connectivity index (χ4n) is 4.24. The molecule has 1 fully saturated rings. The summed E-state index contributed by atoms with van der Waals surface area (Å²) >= 11 is 5.39. The molecule has 0 aliphatic carbocycles. The number of allylic oxidation sites excluding steroid dienone is 1. The van der Waals surface area contributed by atoms with Crippen LogP contribution < -0.4 is 20.1 Å². The van der Waals surface area contributed by atoms with Crippen molar-refractivity contribution >= 4 is 23.2 Å². The van der Waals surface area contributed by atoms with E-state index in [9.17, 15) is 4.79 Å². The second-order valence-corrected chi connectivity index (χ2v) is 7.93. The van der Waals surface area contributed by atoms with Crippen LogP contribution in [0.15, 0.2) is 29.5 Å². The maximum absolute atomic E-state index is 13.7. The van der Waals surface area contributed by atoms with E-state index < -0.39 is 6.04 Å². The Morgan fingerprint density at radius 1 is 1.18 bits per heavy atom. The molecular formula is C21H29N3O3S. The molecule has 6 nitrogen and oxygen atoms in total. The monoisotopic (exact) mass is 403 g/mol. The van der Waals surface area contributed by atoms with Crippen LogP contribution >= 0.6 is 12.2 Å². The van der Waals surface area contributed by atoms with Crippen molar-refractivity contribution in [3.8, 4) is 11.5 Å². The van der Waals surface area contributed by atoms with Crippen molar-refractivity contribution in [3.05, 3.63) is 35.0 Å². The molecule has 7 heteroatoms. The van der Waals surface area contributed by atoms with Gasteiger partial charge in [0.2, 0.25) is 0 Å². The molecule has 2 aliphatic heterocycles. The van der Waals surface area contributed by atoms with Crippen LogP contribution in [0.1, 0.15) is 51.6 Å². The molecule has 152 valence electrons. The lowest BCUT2D eigenvalue weighted by Crippen LogP contribution is -2.52. The lowest BCUT2D eigenvalue weighted by molar-refractivity contribution is -0.133. The van der Waals surface area contributed by atoms with Crippen molar-refractivity contribution in [1.29, 1.82) is 0 Å². The molecule has 3 rings (SSSR count). The van der Waals surface area contributed by atoms with Gasteiger partial charge in [0.25, 0.3) is 5.91 Å². The lowest BCUT2D eigenvalue weighted by atomic mass is 9.90. The molecule has 1 aromatic carbocycles. The van der Waals surface area contributed by atoms with Crippen molar-refractivity contribution in [2.45, 2.75) is 58.2 Å². The number of carbonyl (C=O) groups excluding carboxylic acids is 1. The number of nitrogens with one attached hydrogen (secondary N) is 2. The number of piperidine rings is 1. The van der Waals surface area contributed by atoms with E-state index in [4.69, 9.17) is 21.7 Å². The number of benzene rings is 1. The number of thiocarbonyl (C=S) groups is 1. The van der Waals surface area contributed by atoms with Crippen LogP contribution in [-0.2, 0) is 4.79 Å². The number of hydrogen-bond donors (Lipinski definition) is 2.